The maximum absolute atomic E-state index is 10.4. The topological polar surface area (TPSA) is 58.6 Å². The standard InChI is InChI=1S/C14H21NO3/c1-10-7-11(2)14(18-3)12(8-10)9-15-6-4-5-13(16)17/h7-8,15H,4-6,9H2,1-3H3,(H,16,17). The molecule has 0 aliphatic carbocycles. The van der Waals surface area contributed by atoms with Gasteiger partial charge in [0, 0.05) is 18.5 Å². The van der Waals surface area contributed by atoms with Crippen LogP contribution in [-0.2, 0) is 11.3 Å². The van der Waals surface area contributed by atoms with Gasteiger partial charge in [0.2, 0.25) is 0 Å². The van der Waals surface area contributed by atoms with Crippen LogP contribution in [0.5, 0.6) is 5.75 Å². The van der Waals surface area contributed by atoms with E-state index in [1.807, 2.05) is 6.92 Å². The molecule has 0 bridgehead atoms. The van der Waals surface area contributed by atoms with E-state index in [1.165, 1.54) is 5.56 Å². The average Bonchev–Trinajstić information content (AvgIpc) is 2.27. The van der Waals surface area contributed by atoms with Gasteiger partial charge < -0.3 is 15.2 Å². The normalized spacial score (nSPS) is 10.4. The van der Waals surface area contributed by atoms with E-state index in [-0.39, 0.29) is 6.42 Å². The number of hydrogen-bond acceptors (Lipinski definition) is 3. The molecule has 100 valence electrons. The molecule has 4 heteroatoms. The molecule has 0 saturated carbocycles. The fourth-order valence-corrected chi connectivity index (χ4v) is 2.05. The number of carbonyl (C=O) groups is 1. The summed E-state index contributed by atoms with van der Waals surface area (Å²) in [7, 11) is 1.67. The van der Waals surface area contributed by atoms with Crippen LogP contribution in [0.15, 0.2) is 12.1 Å². The van der Waals surface area contributed by atoms with Crippen LogP contribution < -0.4 is 10.1 Å². The summed E-state index contributed by atoms with van der Waals surface area (Å²) in [6, 6.07) is 4.18. The Kier molecular flexibility index (Phi) is 5.65. The van der Waals surface area contributed by atoms with Crippen molar-refractivity contribution in [2.24, 2.45) is 0 Å². The zero-order valence-electron chi connectivity index (χ0n) is 11.2. The average molecular weight is 251 g/mol. The first-order valence-electron chi connectivity index (χ1n) is 6.11. The van der Waals surface area contributed by atoms with Gasteiger partial charge in [0.15, 0.2) is 0 Å². The minimum Gasteiger partial charge on any atom is -0.496 e. The third-order valence-electron chi connectivity index (χ3n) is 2.76. The summed E-state index contributed by atoms with van der Waals surface area (Å²) in [6.45, 7) is 5.48. The smallest absolute Gasteiger partial charge is 0.303 e. The molecule has 0 radical (unpaired) electrons. The molecule has 1 rings (SSSR count). The van der Waals surface area contributed by atoms with Gasteiger partial charge in [0.25, 0.3) is 0 Å². The molecular weight excluding hydrogens is 230 g/mol. The minimum atomic E-state index is -0.749. The maximum Gasteiger partial charge on any atom is 0.303 e. The largest absolute Gasteiger partial charge is 0.496 e. The molecule has 0 heterocycles. The lowest BCUT2D eigenvalue weighted by Gasteiger charge is -2.13. The van der Waals surface area contributed by atoms with Crippen LogP contribution in [-0.4, -0.2) is 24.7 Å². The van der Waals surface area contributed by atoms with Crippen molar-refractivity contribution in [1.29, 1.82) is 0 Å². The Morgan fingerprint density at radius 3 is 2.72 bits per heavy atom. The van der Waals surface area contributed by atoms with E-state index in [4.69, 9.17) is 9.84 Å². The van der Waals surface area contributed by atoms with E-state index >= 15 is 0 Å². The molecular formula is C14H21NO3. The fraction of sp³-hybridized carbons (Fsp3) is 0.500. The summed E-state index contributed by atoms with van der Waals surface area (Å²) in [5.74, 6) is 0.159. The van der Waals surface area contributed by atoms with Gasteiger partial charge in [-0.25, -0.2) is 0 Å². The Morgan fingerprint density at radius 2 is 2.11 bits per heavy atom. The molecule has 0 unspecified atom stereocenters. The van der Waals surface area contributed by atoms with Crippen molar-refractivity contribution >= 4 is 5.97 Å². The van der Waals surface area contributed by atoms with Crippen LogP contribution in [0.25, 0.3) is 0 Å². The first kappa shape index (κ1) is 14.5. The molecule has 18 heavy (non-hydrogen) atoms. The van der Waals surface area contributed by atoms with E-state index < -0.39 is 5.97 Å². The van der Waals surface area contributed by atoms with Crippen LogP contribution in [0.4, 0.5) is 0 Å². The molecule has 0 aromatic heterocycles. The van der Waals surface area contributed by atoms with Crippen molar-refractivity contribution in [3.8, 4) is 5.75 Å². The van der Waals surface area contributed by atoms with Crippen molar-refractivity contribution < 1.29 is 14.6 Å². The fourth-order valence-electron chi connectivity index (χ4n) is 2.05. The Hall–Kier alpha value is -1.55. The van der Waals surface area contributed by atoms with E-state index in [0.717, 1.165) is 16.9 Å². The molecule has 1 aromatic rings. The number of benzene rings is 1. The SMILES string of the molecule is COc1c(C)cc(C)cc1CNCCCC(=O)O. The molecule has 0 aliphatic heterocycles. The number of hydrogen-bond donors (Lipinski definition) is 2. The highest BCUT2D eigenvalue weighted by atomic mass is 16.5. The van der Waals surface area contributed by atoms with Crippen LogP contribution in [0.3, 0.4) is 0 Å². The highest BCUT2D eigenvalue weighted by molar-refractivity contribution is 5.66. The monoisotopic (exact) mass is 251 g/mol. The van der Waals surface area contributed by atoms with Crippen LogP contribution in [0, 0.1) is 13.8 Å². The summed E-state index contributed by atoms with van der Waals surface area (Å²) in [5, 5.41) is 11.8. The zero-order chi connectivity index (χ0) is 13.5. The van der Waals surface area contributed by atoms with E-state index in [9.17, 15) is 4.79 Å². The number of ether oxygens (including phenoxy) is 1. The summed E-state index contributed by atoms with van der Waals surface area (Å²) >= 11 is 0. The molecule has 1 aromatic carbocycles. The third kappa shape index (κ3) is 4.37. The quantitative estimate of drug-likeness (QED) is 0.730. The number of aryl methyl sites for hydroxylation is 2. The molecule has 0 saturated heterocycles. The van der Waals surface area contributed by atoms with E-state index in [0.29, 0.717) is 19.5 Å². The first-order valence-corrected chi connectivity index (χ1v) is 6.11. The lowest BCUT2D eigenvalue weighted by atomic mass is 10.1. The molecule has 0 aliphatic rings. The van der Waals surface area contributed by atoms with Gasteiger partial charge in [-0.1, -0.05) is 17.7 Å². The summed E-state index contributed by atoms with van der Waals surface area (Å²) in [5.41, 5.74) is 3.45. The second-order valence-electron chi connectivity index (χ2n) is 4.45. The van der Waals surface area contributed by atoms with Gasteiger partial charge in [-0.15, -0.1) is 0 Å². The second kappa shape index (κ2) is 7.01. The Morgan fingerprint density at radius 1 is 1.39 bits per heavy atom. The summed E-state index contributed by atoms with van der Waals surface area (Å²) in [6.07, 6.45) is 0.847. The molecule has 0 amide bonds. The second-order valence-corrected chi connectivity index (χ2v) is 4.45. The first-order chi connectivity index (χ1) is 8.54. The lowest BCUT2D eigenvalue weighted by Crippen LogP contribution is -2.16. The van der Waals surface area contributed by atoms with Gasteiger partial charge >= 0.3 is 5.97 Å². The zero-order valence-corrected chi connectivity index (χ0v) is 11.2. The number of nitrogens with one attached hydrogen (secondary N) is 1. The van der Waals surface area contributed by atoms with Gasteiger partial charge in [-0.05, 0) is 32.4 Å². The number of aliphatic carboxylic acids is 1. The minimum absolute atomic E-state index is 0.205. The number of carboxylic acids is 1. The van der Waals surface area contributed by atoms with Crippen molar-refractivity contribution in [3.05, 3.63) is 28.8 Å². The van der Waals surface area contributed by atoms with Gasteiger partial charge in [-0.2, -0.15) is 0 Å². The predicted octanol–water partition coefficient (Wildman–Crippen LogP) is 2.27. The molecule has 0 fully saturated rings. The maximum atomic E-state index is 10.4. The number of carboxylic acid groups (broad SMARTS) is 1. The van der Waals surface area contributed by atoms with Crippen LogP contribution in [0.2, 0.25) is 0 Å². The highest BCUT2D eigenvalue weighted by Gasteiger charge is 2.07. The van der Waals surface area contributed by atoms with Crippen molar-refractivity contribution in [2.75, 3.05) is 13.7 Å². The Labute approximate surface area is 108 Å². The highest BCUT2D eigenvalue weighted by Crippen LogP contribution is 2.24. The Balaban J connectivity index is 2.53. The van der Waals surface area contributed by atoms with Crippen molar-refractivity contribution in [1.82, 2.24) is 5.32 Å². The van der Waals surface area contributed by atoms with Gasteiger partial charge in [-0.3, -0.25) is 4.79 Å². The molecule has 0 spiro atoms. The van der Waals surface area contributed by atoms with Gasteiger partial charge in [0.1, 0.15) is 5.75 Å². The van der Waals surface area contributed by atoms with Gasteiger partial charge in [0.05, 0.1) is 7.11 Å². The Bertz CT molecular complexity index is 416. The summed E-state index contributed by atoms with van der Waals surface area (Å²) < 4.78 is 5.39. The van der Waals surface area contributed by atoms with Crippen molar-refractivity contribution in [2.45, 2.75) is 33.2 Å². The molecule has 4 nitrogen and oxygen atoms in total. The van der Waals surface area contributed by atoms with E-state index in [1.54, 1.807) is 7.11 Å². The predicted molar refractivity (Wildman–Crippen MR) is 71.0 cm³/mol. The summed E-state index contributed by atoms with van der Waals surface area (Å²) in [4.78, 5) is 10.4. The number of methoxy groups -OCH3 is 1. The lowest BCUT2D eigenvalue weighted by molar-refractivity contribution is -0.137. The van der Waals surface area contributed by atoms with Crippen LogP contribution >= 0.6 is 0 Å². The number of rotatable bonds is 7. The van der Waals surface area contributed by atoms with E-state index in [2.05, 4.69) is 24.4 Å². The third-order valence-corrected chi connectivity index (χ3v) is 2.76. The molecule has 0 atom stereocenters. The molecule has 2 N–H and O–H groups in total. The van der Waals surface area contributed by atoms with Crippen LogP contribution in [0.1, 0.15) is 29.5 Å². The van der Waals surface area contributed by atoms with Crippen molar-refractivity contribution in [3.63, 3.8) is 0 Å².